The van der Waals surface area contributed by atoms with Gasteiger partial charge in [-0.05, 0) is 88.8 Å². The number of rotatable bonds is 5. The molecule has 214 valence electrons. The van der Waals surface area contributed by atoms with E-state index in [1.165, 1.54) is 19.3 Å². The molecule has 0 saturated heterocycles. The molecule has 2 N–H and O–H groups in total. The van der Waals surface area contributed by atoms with E-state index < -0.39 is 16.2 Å². The zero-order valence-corrected chi connectivity index (χ0v) is 25.2. The summed E-state index contributed by atoms with van der Waals surface area (Å²) in [4.78, 5) is 0. The summed E-state index contributed by atoms with van der Waals surface area (Å²) in [6.45, 7) is -2.49. The van der Waals surface area contributed by atoms with E-state index in [0.717, 1.165) is 93.9 Å². The molecule has 0 aromatic heterocycles. The average molecular weight is 651 g/mol. The second-order valence-electron chi connectivity index (χ2n) is 10.9. The Morgan fingerprint density at radius 3 is 1.50 bits per heavy atom. The largest absolute Gasteiger partial charge is 2.00 e. The van der Waals surface area contributed by atoms with Crippen LogP contribution in [-0.2, 0) is 30.2 Å². The maximum absolute atomic E-state index is 12.8. The number of para-hydroxylation sites is 1. The van der Waals surface area contributed by atoms with Crippen molar-refractivity contribution >= 4 is 21.9 Å². The number of anilines is 1. The van der Waals surface area contributed by atoms with Crippen molar-refractivity contribution < 1.29 is 33.4 Å². The van der Waals surface area contributed by atoms with Crippen LogP contribution >= 0.6 is 6.46 Å². The zero-order chi connectivity index (χ0) is 25.4. The molecule has 38 heavy (non-hydrogen) atoms. The molecule has 0 spiro atoms. The molecule has 3 aliphatic rings. The van der Waals surface area contributed by atoms with E-state index in [1.54, 1.807) is 0 Å². The summed E-state index contributed by atoms with van der Waals surface area (Å²) >= 11 is 0. The summed E-state index contributed by atoms with van der Waals surface area (Å²) in [6.07, 6.45) is 16.6. The van der Waals surface area contributed by atoms with Crippen LogP contribution in [0.3, 0.4) is 0 Å². The van der Waals surface area contributed by atoms with Gasteiger partial charge in [0.1, 0.15) is 6.46 Å². The van der Waals surface area contributed by atoms with Gasteiger partial charge >= 0.3 is 20.4 Å². The van der Waals surface area contributed by atoms with E-state index in [-0.39, 0.29) is 44.8 Å². The molecule has 2 aromatic carbocycles. The molecule has 0 bridgehead atoms. The minimum Gasteiger partial charge on any atom is -0.717 e. The van der Waals surface area contributed by atoms with E-state index in [0.29, 0.717) is 0 Å². The van der Waals surface area contributed by atoms with Crippen molar-refractivity contribution in [1.82, 2.24) is 0 Å². The predicted molar refractivity (Wildman–Crippen MR) is 159 cm³/mol. The normalized spacial score (nSPS) is 19.8. The van der Waals surface area contributed by atoms with Crippen LogP contribution in [0.5, 0.6) is 0 Å². The Balaban J connectivity index is 0.000000289. The summed E-state index contributed by atoms with van der Waals surface area (Å²) in [5.74, 6) is 0. The first-order valence-corrected chi connectivity index (χ1v) is 18.1. The number of hydrogen-bond donors (Lipinski definition) is 1. The molecular weight excluding hydrogens is 604 g/mol. The zero-order valence-electron chi connectivity index (χ0n) is 21.9. The summed E-state index contributed by atoms with van der Waals surface area (Å²) < 4.78 is 38.5. The van der Waals surface area contributed by atoms with Gasteiger partial charge in [0.2, 0.25) is 9.74 Å². The van der Waals surface area contributed by atoms with Crippen LogP contribution in [0.25, 0.3) is 11.1 Å². The summed E-state index contributed by atoms with van der Waals surface area (Å²) in [5, 5.41) is 0. The molecule has 3 fully saturated rings. The van der Waals surface area contributed by atoms with E-state index in [2.05, 4.69) is 6.07 Å². The van der Waals surface area contributed by atoms with Crippen molar-refractivity contribution in [3.63, 3.8) is 0 Å². The fourth-order valence-electron chi connectivity index (χ4n) is 7.20. The molecular formula is C31H47NO3PPdS+. The predicted octanol–water partition coefficient (Wildman–Crippen LogP) is 8.83. The number of benzene rings is 2. The van der Waals surface area contributed by atoms with E-state index in [4.69, 9.17) is 5.73 Å². The maximum atomic E-state index is 12.8. The Kier molecular flexibility index (Phi) is 14.0. The van der Waals surface area contributed by atoms with Crippen molar-refractivity contribution in [2.24, 2.45) is 0 Å². The van der Waals surface area contributed by atoms with Gasteiger partial charge in [-0.2, -0.15) is 0 Å². The molecule has 0 amide bonds. The third-order valence-electron chi connectivity index (χ3n) is 8.78. The SMILES string of the molecule is C.Nc1ccccc1-c1[c-]cccc1.O=S(=O)([O-])[P+](C1CCCCC1)(C1CCCCC1)C1CCCCC1.[Pd+2]. The minimum atomic E-state index is -4.16. The van der Waals surface area contributed by atoms with Gasteiger partial charge in [0, 0.05) is 0 Å². The van der Waals surface area contributed by atoms with Crippen molar-refractivity contribution in [3.8, 4) is 11.1 Å². The van der Waals surface area contributed by atoms with Gasteiger partial charge in [-0.15, -0.1) is 35.9 Å². The first-order valence-electron chi connectivity index (χ1n) is 14.1. The first-order chi connectivity index (χ1) is 17.4. The van der Waals surface area contributed by atoms with Crippen LogP contribution in [-0.4, -0.2) is 29.9 Å². The Bertz CT molecular complexity index is 1000. The molecule has 5 rings (SSSR count). The third-order valence-corrected chi connectivity index (χ3v) is 19.5. The van der Waals surface area contributed by atoms with Crippen LogP contribution in [0.2, 0.25) is 0 Å². The Hall–Kier alpha value is -0.758. The van der Waals surface area contributed by atoms with Crippen LogP contribution in [0.1, 0.15) is 104 Å². The Labute approximate surface area is 246 Å². The van der Waals surface area contributed by atoms with Crippen molar-refractivity contribution in [2.75, 3.05) is 5.73 Å². The van der Waals surface area contributed by atoms with Crippen LogP contribution in [0.4, 0.5) is 5.69 Å². The van der Waals surface area contributed by atoms with Gasteiger partial charge in [-0.3, -0.25) is 0 Å². The topological polar surface area (TPSA) is 83.2 Å². The molecule has 4 nitrogen and oxygen atoms in total. The van der Waals surface area contributed by atoms with Gasteiger partial charge in [0.05, 0.1) is 17.0 Å². The Morgan fingerprint density at radius 2 is 1.13 bits per heavy atom. The summed E-state index contributed by atoms with van der Waals surface area (Å²) in [6, 6.07) is 18.8. The Morgan fingerprint density at radius 1 is 0.711 bits per heavy atom. The van der Waals surface area contributed by atoms with Crippen molar-refractivity contribution in [1.29, 1.82) is 0 Å². The molecule has 0 atom stereocenters. The van der Waals surface area contributed by atoms with E-state index in [9.17, 15) is 13.0 Å². The maximum Gasteiger partial charge on any atom is 2.00 e. The second-order valence-corrected chi connectivity index (χ2v) is 18.7. The van der Waals surface area contributed by atoms with Gasteiger partial charge in [-0.1, -0.05) is 50.5 Å². The smallest absolute Gasteiger partial charge is 0.717 e. The second kappa shape index (κ2) is 15.9. The van der Waals surface area contributed by atoms with Crippen LogP contribution in [0, 0.1) is 6.07 Å². The van der Waals surface area contributed by atoms with Crippen molar-refractivity contribution in [2.45, 2.75) is 121 Å². The number of hydrogen-bond acceptors (Lipinski definition) is 4. The van der Waals surface area contributed by atoms with Gasteiger partial charge in [-0.25, -0.2) is 8.42 Å². The number of nitrogen functional groups attached to an aromatic ring is 1. The molecule has 0 radical (unpaired) electrons. The minimum absolute atomic E-state index is 0. The fourth-order valence-corrected chi connectivity index (χ4v) is 18.8. The van der Waals surface area contributed by atoms with Gasteiger partial charge < -0.3 is 10.3 Å². The van der Waals surface area contributed by atoms with Crippen LogP contribution in [0.15, 0.2) is 48.5 Å². The molecule has 0 aliphatic heterocycles. The molecule has 0 unspecified atom stereocenters. The monoisotopic (exact) mass is 650 g/mol. The van der Waals surface area contributed by atoms with Crippen molar-refractivity contribution in [3.05, 3.63) is 54.6 Å². The van der Waals surface area contributed by atoms with Gasteiger partial charge in [0.25, 0.3) is 0 Å². The van der Waals surface area contributed by atoms with Gasteiger partial charge in [0.15, 0.2) is 0 Å². The standard InChI is InChI=1S/C18H33O3PS.C12H10N.CH4.Pd/c19-23(20,21)22(16-10-4-1-5-11-16,17-12-6-2-7-13-17)18-14-8-3-9-15-18;13-12-9-5-4-8-11(12)10-6-2-1-3-7-10;;/h16-18H,1-15H2;1-6,8-9H,13H2;1H4;/q;-1;;+2. The number of nitrogens with two attached hydrogens (primary N) is 1. The van der Waals surface area contributed by atoms with Crippen LogP contribution < -0.4 is 5.73 Å². The summed E-state index contributed by atoms with van der Waals surface area (Å²) in [5.41, 5.74) is 9.44. The summed E-state index contributed by atoms with van der Waals surface area (Å²) in [7, 11) is -4.16. The van der Waals surface area contributed by atoms with E-state index in [1.807, 2.05) is 48.5 Å². The molecule has 7 heteroatoms. The third kappa shape index (κ3) is 7.70. The average Bonchev–Trinajstić information content (AvgIpc) is 2.91. The molecule has 3 saturated carbocycles. The fraction of sp³-hybridized carbons (Fsp3) is 0.613. The molecule has 3 aliphatic carbocycles. The molecule has 2 aromatic rings. The van der Waals surface area contributed by atoms with E-state index >= 15 is 0 Å². The molecule has 0 heterocycles. The quantitative estimate of drug-likeness (QED) is 0.115. The first kappa shape index (κ1) is 33.4.